The molecule has 2 aromatic rings. The number of nitrogens with zero attached hydrogens (tertiary/aromatic N) is 2. The van der Waals surface area contributed by atoms with Gasteiger partial charge in [-0.3, -0.25) is 9.78 Å². The zero-order valence-corrected chi connectivity index (χ0v) is 18.2. The third-order valence-electron chi connectivity index (χ3n) is 4.49. The van der Waals surface area contributed by atoms with E-state index in [9.17, 15) is 23.2 Å². The number of rotatable bonds is 7. The predicted molar refractivity (Wildman–Crippen MR) is 113 cm³/mol. The molecule has 1 N–H and O–H groups in total. The zero-order chi connectivity index (χ0) is 22.5. The molecule has 1 amide bonds. The molecule has 1 aromatic carbocycles. The highest BCUT2D eigenvalue weighted by atomic mass is 32.2. The summed E-state index contributed by atoms with van der Waals surface area (Å²) >= 11 is 1.80. The molecule has 4 nitrogen and oxygen atoms in total. The Balaban J connectivity index is 2.27. The predicted octanol–water partition coefficient (Wildman–Crippen LogP) is 5.46. The van der Waals surface area contributed by atoms with E-state index in [0.717, 1.165) is 23.6 Å². The van der Waals surface area contributed by atoms with E-state index in [4.69, 9.17) is 0 Å². The first-order chi connectivity index (χ1) is 14.0. The van der Waals surface area contributed by atoms with Gasteiger partial charge in [0.25, 0.3) is 5.91 Å². The van der Waals surface area contributed by atoms with Crippen molar-refractivity contribution in [3.63, 3.8) is 0 Å². The standard InChI is InChI=1S/C22H24F3N3OS/c1-5-30-13-21(3,4)12-27-20(29)18-10-16(11-26)19(28-14(18)2)15-6-8-17(9-7-15)22(23,24)25/h6-10H,5,12-13H2,1-4H3,(H,27,29). The molecule has 1 heterocycles. The molecule has 30 heavy (non-hydrogen) atoms. The number of benzene rings is 1. The molecule has 1 aromatic heterocycles. The number of aryl methyl sites for hydroxylation is 1. The van der Waals surface area contributed by atoms with Crippen LogP contribution in [0.4, 0.5) is 13.2 Å². The summed E-state index contributed by atoms with van der Waals surface area (Å²) in [6, 6.07) is 7.89. The summed E-state index contributed by atoms with van der Waals surface area (Å²) < 4.78 is 38.4. The first kappa shape index (κ1) is 23.7. The Morgan fingerprint density at radius 2 is 1.87 bits per heavy atom. The van der Waals surface area contributed by atoms with Crippen molar-refractivity contribution in [2.24, 2.45) is 5.41 Å². The van der Waals surface area contributed by atoms with Crippen LogP contribution in [-0.2, 0) is 6.18 Å². The third-order valence-corrected chi connectivity index (χ3v) is 5.88. The molecule has 0 aliphatic rings. The molecule has 160 valence electrons. The van der Waals surface area contributed by atoms with Crippen molar-refractivity contribution in [1.29, 1.82) is 5.26 Å². The van der Waals surface area contributed by atoms with Gasteiger partial charge in [0, 0.05) is 17.9 Å². The minimum Gasteiger partial charge on any atom is -0.351 e. The summed E-state index contributed by atoms with van der Waals surface area (Å²) in [5.41, 5.74) is 0.582. The third kappa shape index (κ3) is 5.99. The number of nitrogens with one attached hydrogen (secondary N) is 1. The van der Waals surface area contributed by atoms with Crippen molar-refractivity contribution in [2.45, 2.75) is 33.9 Å². The van der Waals surface area contributed by atoms with Crippen LogP contribution in [0.5, 0.6) is 0 Å². The Morgan fingerprint density at radius 1 is 1.23 bits per heavy atom. The Bertz CT molecular complexity index is 948. The molecule has 0 atom stereocenters. The van der Waals surface area contributed by atoms with Gasteiger partial charge in [-0.15, -0.1) is 0 Å². The van der Waals surface area contributed by atoms with Crippen molar-refractivity contribution in [1.82, 2.24) is 10.3 Å². The molecule has 0 aliphatic heterocycles. The SMILES string of the molecule is CCSCC(C)(C)CNC(=O)c1cc(C#N)c(-c2ccc(C(F)(F)F)cc2)nc1C. The summed E-state index contributed by atoms with van der Waals surface area (Å²) in [7, 11) is 0. The van der Waals surface area contributed by atoms with Crippen LogP contribution in [0.2, 0.25) is 0 Å². The van der Waals surface area contributed by atoms with Gasteiger partial charge >= 0.3 is 6.18 Å². The largest absolute Gasteiger partial charge is 0.416 e. The van der Waals surface area contributed by atoms with Gasteiger partial charge in [-0.2, -0.15) is 30.2 Å². The van der Waals surface area contributed by atoms with Crippen LogP contribution in [0.15, 0.2) is 30.3 Å². The normalized spacial score (nSPS) is 11.8. The number of aromatic nitrogens is 1. The number of carbonyl (C=O) groups is 1. The van der Waals surface area contributed by atoms with Crippen LogP contribution >= 0.6 is 11.8 Å². The lowest BCUT2D eigenvalue weighted by molar-refractivity contribution is -0.137. The Hall–Kier alpha value is -2.53. The van der Waals surface area contributed by atoms with Crippen LogP contribution < -0.4 is 5.32 Å². The lowest BCUT2D eigenvalue weighted by Gasteiger charge is -2.24. The minimum atomic E-state index is -4.44. The van der Waals surface area contributed by atoms with Gasteiger partial charge in [-0.1, -0.05) is 32.9 Å². The highest BCUT2D eigenvalue weighted by Gasteiger charge is 2.30. The van der Waals surface area contributed by atoms with E-state index in [0.29, 0.717) is 17.8 Å². The van der Waals surface area contributed by atoms with Gasteiger partial charge in [0.2, 0.25) is 0 Å². The number of alkyl halides is 3. The second-order valence-corrected chi connectivity index (χ2v) is 8.96. The monoisotopic (exact) mass is 435 g/mol. The molecule has 0 spiro atoms. The minimum absolute atomic E-state index is 0.0874. The molecule has 0 bridgehead atoms. The van der Waals surface area contributed by atoms with Gasteiger partial charge in [-0.05, 0) is 36.3 Å². The van der Waals surface area contributed by atoms with Gasteiger partial charge in [0.1, 0.15) is 6.07 Å². The number of hydrogen-bond acceptors (Lipinski definition) is 4. The second kappa shape index (κ2) is 9.52. The summed E-state index contributed by atoms with van der Waals surface area (Å²) in [6.07, 6.45) is -4.44. The zero-order valence-electron chi connectivity index (χ0n) is 17.4. The quantitative estimate of drug-likeness (QED) is 0.627. The van der Waals surface area contributed by atoms with Crippen molar-refractivity contribution >= 4 is 17.7 Å². The highest BCUT2D eigenvalue weighted by molar-refractivity contribution is 7.99. The van der Waals surface area contributed by atoms with E-state index in [1.165, 1.54) is 18.2 Å². The topological polar surface area (TPSA) is 65.8 Å². The van der Waals surface area contributed by atoms with Crippen molar-refractivity contribution in [3.8, 4) is 17.3 Å². The first-order valence-corrected chi connectivity index (χ1v) is 10.6. The molecule has 0 fully saturated rings. The summed E-state index contributed by atoms with van der Waals surface area (Å²) in [5, 5.41) is 12.4. The number of halogens is 3. The number of amides is 1. The van der Waals surface area contributed by atoms with E-state index in [1.807, 2.05) is 6.07 Å². The van der Waals surface area contributed by atoms with Crippen molar-refractivity contribution < 1.29 is 18.0 Å². The smallest absolute Gasteiger partial charge is 0.351 e. The lowest BCUT2D eigenvalue weighted by atomic mass is 9.96. The molecular formula is C22H24F3N3OS. The van der Waals surface area contributed by atoms with Gasteiger partial charge in [0.15, 0.2) is 0 Å². The van der Waals surface area contributed by atoms with E-state index in [2.05, 4.69) is 31.1 Å². The number of nitriles is 1. The Morgan fingerprint density at radius 3 is 2.40 bits per heavy atom. The Kier molecular flexibility index (Phi) is 7.54. The number of thioether (sulfide) groups is 1. The van der Waals surface area contributed by atoms with Crippen LogP contribution in [0, 0.1) is 23.7 Å². The average Bonchev–Trinajstić information content (AvgIpc) is 2.70. The highest BCUT2D eigenvalue weighted by Crippen LogP contribution is 2.31. The Labute approximate surface area is 178 Å². The molecule has 0 unspecified atom stereocenters. The van der Waals surface area contributed by atoms with Crippen molar-refractivity contribution in [3.05, 3.63) is 52.7 Å². The molecule has 0 aliphatic carbocycles. The molecule has 0 saturated carbocycles. The van der Waals surface area contributed by atoms with Crippen LogP contribution in [0.1, 0.15) is 48.0 Å². The fourth-order valence-corrected chi connectivity index (χ4v) is 3.66. The fourth-order valence-electron chi connectivity index (χ4n) is 2.80. The second-order valence-electron chi connectivity index (χ2n) is 7.69. The fraction of sp³-hybridized carbons (Fsp3) is 0.409. The lowest BCUT2D eigenvalue weighted by Crippen LogP contribution is -2.36. The average molecular weight is 436 g/mol. The van der Waals surface area contributed by atoms with Crippen LogP contribution in [0.3, 0.4) is 0 Å². The molecule has 0 radical (unpaired) electrons. The van der Waals surface area contributed by atoms with E-state index in [1.54, 1.807) is 18.7 Å². The molecule has 2 rings (SSSR count). The maximum atomic E-state index is 12.8. The maximum Gasteiger partial charge on any atom is 0.416 e. The number of pyridine rings is 1. The van der Waals surface area contributed by atoms with Crippen LogP contribution in [0.25, 0.3) is 11.3 Å². The molecule has 0 saturated heterocycles. The summed E-state index contributed by atoms with van der Waals surface area (Å²) in [5.74, 6) is 1.57. The number of carbonyl (C=O) groups excluding carboxylic acids is 1. The van der Waals surface area contributed by atoms with E-state index >= 15 is 0 Å². The molecular weight excluding hydrogens is 411 g/mol. The van der Waals surface area contributed by atoms with Gasteiger partial charge in [0.05, 0.1) is 28.1 Å². The van der Waals surface area contributed by atoms with Crippen molar-refractivity contribution in [2.75, 3.05) is 18.1 Å². The first-order valence-electron chi connectivity index (χ1n) is 9.44. The van der Waals surface area contributed by atoms with E-state index < -0.39 is 11.7 Å². The maximum absolute atomic E-state index is 12.8. The number of hydrogen-bond donors (Lipinski definition) is 1. The molecule has 8 heteroatoms. The van der Waals surface area contributed by atoms with E-state index in [-0.39, 0.29) is 28.1 Å². The van der Waals surface area contributed by atoms with Gasteiger partial charge < -0.3 is 5.32 Å². The summed E-state index contributed by atoms with van der Waals surface area (Å²) in [6.45, 7) is 8.32. The summed E-state index contributed by atoms with van der Waals surface area (Å²) in [4.78, 5) is 17.0. The van der Waals surface area contributed by atoms with Crippen LogP contribution in [-0.4, -0.2) is 28.9 Å². The van der Waals surface area contributed by atoms with Gasteiger partial charge in [-0.25, -0.2) is 0 Å².